The van der Waals surface area contributed by atoms with Crippen molar-refractivity contribution in [2.24, 2.45) is 0 Å². The van der Waals surface area contributed by atoms with Crippen LogP contribution < -0.4 is 10.9 Å². The average Bonchev–Trinajstić information content (AvgIpc) is 2.36. The Labute approximate surface area is 109 Å². The van der Waals surface area contributed by atoms with Crippen molar-refractivity contribution < 1.29 is 9.90 Å². The molecule has 1 amide bonds. The van der Waals surface area contributed by atoms with Gasteiger partial charge in [-0.2, -0.15) is 0 Å². The van der Waals surface area contributed by atoms with Gasteiger partial charge in [0, 0.05) is 11.9 Å². The lowest BCUT2D eigenvalue weighted by Crippen LogP contribution is -2.17. The zero-order chi connectivity index (χ0) is 14.0. The molecule has 1 aromatic heterocycles. The number of amides is 1. The molecule has 0 bridgehead atoms. The number of nitrogens with zero attached hydrogens (tertiary/aromatic N) is 1. The maximum absolute atomic E-state index is 11.9. The molecule has 0 aliphatic carbocycles. The second kappa shape index (κ2) is 4.93. The van der Waals surface area contributed by atoms with Gasteiger partial charge in [0.25, 0.3) is 11.5 Å². The highest BCUT2D eigenvalue weighted by atomic mass is 16.3. The van der Waals surface area contributed by atoms with Crippen LogP contribution in [0.1, 0.15) is 21.6 Å². The fourth-order valence-corrected chi connectivity index (χ4v) is 1.59. The molecule has 98 valence electrons. The minimum atomic E-state index is -0.426. The molecule has 0 fully saturated rings. The third-order valence-corrected chi connectivity index (χ3v) is 2.70. The molecule has 0 saturated heterocycles. The van der Waals surface area contributed by atoms with Crippen LogP contribution in [0.3, 0.4) is 0 Å². The fourth-order valence-electron chi connectivity index (χ4n) is 1.59. The largest absolute Gasteiger partial charge is 0.508 e. The summed E-state index contributed by atoms with van der Waals surface area (Å²) in [6, 6.07) is 3.25. The Morgan fingerprint density at radius 2 is 2.05 bits per heavy atom. The van der Waals surface area contributed by atoms with Crippen molar-refractivity contribution in [3.05, 3.63) is 51.7 Å². The van der Waals surface area contributed by atoms with Crippen molar-refractivity contribution >= 4 is 11.6 Å². The summed E-state index contributed by atoms with van der Waals surface area (Å²) in [4.78, 5) is 28.9. The normalized spacial score (nSPS) is 10.2. The lowest BCUT2D eigenvalue weighted by molar-refractivity contribution is 0.102. The van der Waals surface area contributed by atoms with Gasteiger partial charge in [0.1, 0.15) is 11.4 Å². The first-order valence-electron chi connectivity index (χ1n) is 5.63. The van der Waals surface area contributed by atoms with Gasteiger partial charge in [0.05, 0.1) is 6.20 Å². The number of carbonyl (C=O) groups is 1. The summed E-state index contributed by atoms with van der Waals surface area (Å²) in [7, 11) is 0. The number of phenols is 1. The Hall–Kier alpha value is -2.63. The highest BCUT2D eigenvalue weighted by Gasteiger charge is 2.10. The molecule has 0 saturated carbocycles. The SMILES string of the molecule is Cc1cc(NC(=O)c2c[nH]c(=O)cn2)c(C)cc1O. The van der Waals surface area contributed by atoms with E-state index in [1.54, 1.807) is 26.0 Å². The first kappa shape index (κ1) is 12.8. The van der Waals surface area contributed by atoms with Crippen LogP contribution in [0, 0.1) is 13.8 Å². The molecule has 2 rings (SSSR count). The number of aromatic amines is 1. The number of aryl methyl sites for hydroxylation is 2. The molecule has 3 N–H and O–H groups in total. The second-order valence-electron chi connectivity index (χ2n) is 4.20. The van der Waals surface area contributed by atoms with E-state index >= 15 is 0 Å². The van der Waals surface area contributed by atoms with Gasteiger partial charge in [-0.3, -0.25) is 9.59 Å². The van der Waals surface area contributed by atoms with Gasteiger partial charge >= 0.3 is 0 Å². The topological polar surface area (TPSA) is 95.1 Å². The summed E-state index contributed by atoms with van der Waals surface area (Å²) < 4.78 is 0. The summed E-state index contributed by atoms with van der Waals surface area (Å²) in [5, 5.41) is 12.2. The van der Waals surface area contributed by atoms with E-state index in [2.05, 4.69) is 15.3 Å². The molecule has 6 heteroatoms. The number of carbonyl (C=O) groups excluding carboxylic acids is 1. The molecule has 0 atom stereocenters. The van der Waals surface area contributed by atoms with Crippen LogP contribution in [0.25, 0.3) is 0 Å². The third kappa shape index (κ3) is 2.79. The quantitative estimate of drug-likeness (QED) is 0.709. The van der Waals surface area contributed by atoms with Gasteiger partial charge in [-0.05, 0) is 37.1 Å². The molecule has 0 aliphatic heterocycles. The standard InChI is InChI=1S/C13H13N3O3/c1-7-4-11(17)8(2)3-9(7)16-13(19)10-5-15-12(18)6-14-10/h3-6,17H,1-2H3,(H,15,18)(H,16,19). The number of nitrogens with one attached hydrogen (secondary N) is 2. The molecule has 2 aromatic rings. The average molecular weight is 259 g/mol. The van der Waals surface area contributed by atoms with E-state index in [0.717, 1.165) is 11.8 Å². The maximum atomic E-state index is 11.9. The Morgan fingerprint density at radius 1 is 1.32 bits per heavy atom. The molecule has 0 spiro atoms. The van der Waals surface area contributed by atoms with Crippen LogP contribution in [-0.4, -0.2) is 21.0 Å². The Bertz CT molecular complexity index is 672. The molecular formula is C13H13N3O3. The summed E-state index contributed by atoms with van der Waals surface area (Å²) in [5.74, 6) is -0.248. The van der Waals surface area contributed by atoms with Crippen LogP contribution in [0.2, 0.25) is 0 Å². The van der Waals surface area contributed by atoms with Crippen LogP contribution in [0.5, 0.6) is 5.75 Å². The van der Waals surface area contributed by atoms with E-state index in [4.69, 9.17) is 0 Å². The highest BCUT2D eigenvalue weighted by Crippen LogP contribution is 2.25. The molecule has 1 heterocycles. The number of hydrogen-bond acceptors (Lipinski definition) is 4. The van der Waals surface area contributed by atoms with Gasteiger partial charge in [-0.1, -0.05) is 0 Å². The van der Waals surface area contributed by atoms with Crippen molar-refractivity contribution in [2.75, 3.05) is 5.32 Å². The van der Waals surface area contributed by atoms with Gasteiger partial charge < -0.3 is 15.4 Å². The second-order valence-corrected chi connectivity index (χ2v) is 4.20. The molecule has 0 unspecified atom stereocenters. The Morgan fingerprint density at radius 3 is 2.68 bits per heavy atom. The molecule has 0 aliphatic rings. The summed E-state index contributed by atoms with van der Waals surface area (Å²) >= 11 is 0. The number of anilines is 1. The summed E-state index contributed by atoms with van der Waals surface area (Å²) in [6.07, 6.45) is 2.30. The van der Waals surface area contributed by atoms with Gasteiger partial charge in [-0.15, -0.1) is 0 Å². The van der Waals surface area contributed by atoms with E-state index in [0.29, 0.717) is 11.3 Å². The number of phenolic OH excluding ortho intramolecular Hbond substituents is 1. The first-order chi connectivity index (χ1) is 8.97. The minimum absolute atomic E-state index is 0.115. The van der Waals surface area contributed by atoms with Crippen molar-refractivity contribution in [3.63, 3.8) is 0 Å². The van der Waals surface area contributed by atoms with Crippen LogP contribution in [0.15, 0.2) is 29.3 Å². The first-order valence-corrected chi connectivity index (χ1v) is 5.63. The van der Waals surface area contributed by atoms with E-state index in [-0.39, 0.29) is 17.0 Å². The Balaban J connectivity index is 2.26. The van der Waals surface area contributed by atoms with E-state index < -0.39 is 5.91 Å². The van der Waals surface area contributed by atoms with Crippen molar-refractivity contribution in [1.82, 2.24) is 9.97 Å². The predicted molar refractivity (Wildman–Crippen MR) is 70.4 cm³/mol. The van der Waals surface area contributed by atoms with Gasteiger partial charge in [-0.25, -0.2) is 4.98 Å². The predicted octanol–water partition coefficient (Wildman–Crippen LogP) is 1.34. The zero-order valence-corrected chi connectivity index (χ0v) is 10.5. The molecule has 6 nitrogen and oxygen atoms in total. The lowest BCUT2D eigenvalue weighted by Gasteiger charge is -2.10. The van der Waals surface area contributed by atoms with E-state index in [1.165, 1.54) is 6.20 Å². The number of hydrogen-bond donors (Lipinski definition) is 3. The van der Waals surface area contributed by atoms with Crippen molar-refractivity contribution in [1.29, 1.82) is 0 Å². The minimum Gasteiger partial charge on any atom is -0.508 e. The number of aromatic hydroxyl groups is 1. The zero-order valence-electron chi connectivity index (χ0n) is 10.5. The van der Waals surface area contributed by atoms with Gasteiger partial charge in [0.15, 0.2) is 0 Å². The monoisotopic (exact) mass is 259 g/mol. The molecular weight excluding hydrogens is 246 g/mol. The number of benzene rings is 1. The number of H-pyrrole nitrogens is 1. The van der Waals surface area contributed by atoms with E-state index in [1.807, 2.05) is 0 Å². The van der Waals surface area contributed by atoms with Crippen LogP contribution >= 0.6 is 0 Å². The number of rotatable bonds is 2. The fraction of sp³-hybridized carbons (Fsp3) is 0.154. The molecule has 0 radical (unpaired) electrons. The van der Waals surface area contributed by atoms with E-state index in [9.17, 15) is 14.7 Å². The van der Waals surface area contributed by atoms with Gasteiger partial charge in [0.2, 0.25) is 0 Å². The lowest BCUT2D eigenvalue weighted by atomic mass is 10.1. The van der Waals surface area contributed by atoms with Crippen LogP contribution in [0.4, 0.5) is 5.69 Å². The molecule has 1 aromatic carbocycles. The van der Waals surface area contributed by atoms with Crippen LogP contribution in [-0.2, 0) is 0 Å². The number of aromatic nitrogens is 2. The molecule has 19 heavy (non-hydrogen) atoms. The summed E-state index contributed by atoms with van der Waals surface area (Å²) in [5.41, 5.74) is 1.74. The smallest absolute Gasteiger partial charge is 0.275 e. The third-order valence-electron chi connectivity index (χ3n) is 2.70. The maximum Gasteiger partial charge on any atom is 0.275 e. The summed E-state index contributed by atoms with van der Waals surface area (Å²) in [6.45, 7) is 3.51. The highest BCUT2D eigenvalue weighted by molar-refractivity contribution is 6.03. The van der Waals surface area contributed by atoms with Crippen molar-refractivity contribution in [2.45, 2.75) is 13.8 Å². The van der Waals surface area contributed by atoms with Crippen molar-refractivity contribution in [3.8, 4) is 5.75 Å². The Kier molecular flexibility index (Phi) is 3.33.